The maximum absolute atomic E-state index is 12.4. The van der Waals surface area contributed by atoms with Crippen LogP contribution in [0.4, 0.5) is 5.82 Å². The monoisotopic (exact) mass is 425 g/mol. The van der Waals surface area contributed by atoms with Gasteiger partial charge in [-0.05, 0) is 29.5 Å². The molecule has 0 fully saturated rings. The molecule has 0 bridgehead atoms. The summed E-state index contributed by atoms with van der Waals surface area (Å²) < 4.78 is 11.7. The number of aromatic nitrogens is 5. The van der Waals surface area contributed by atoms with Crippen LogP contribution in [0.25, 0.3) is 0 Å². The van der Waals surface area contributed by atoms with Gasteiger partial charge in [0.25, 0.3) is 5.91 Å². The van der Waals surface area contributed by atoms with E-state index in [-0.39, 0.29) is 6.61 Å². The van der Waals surface area contributed by atoms with Crippen LogP contribution in [0.2, 0.25) is 0 Å². The van der Waals surface area contributed by atoms with Gasteiger partial charge in [-0.3, -0.25) is 4.79 Å². The lowest BCUT2D eigenvalue weighted by atomic mass is 10.1. The van der Waals surface area contributed by atoms with E-state index in [2.05, 4.69) is 31.0 Å². The van der Waals surface area contributed by atoms with E-state index < -0.39 is 11.7 Å². The Morgan fingerprint density at radius 1 is 1.13 bits per heavy atom. The Hall–Kier alpha value is -3.70. The fourth-order valence-electron chi connectivity index (χ4n) is 2.54. The van der Waals surface area contributed by atoms with Gasteiger partial charge in [0.15, 0.2) is 12.3 Å². The number of aryl methyl sites for hydroxylation is 1. The first-order valence-corrected chi connectivity index (χ1v) is 9.32. The molecule has 31 heavy (non-hydrogen) atoms. The zero-order valence-electron chi connectivity index (χ0n) is 17.6. The molecule has 3 aromatic rings. The minimum absolute atomic E-state index is 0.0666. The van der Waals surface area contributed by atoms with Gasteiger partial charge >= 0.3 is 0 Å². The predicted molar refractivity (Wildman–Crippen MR) is 111 cm³/mol. The molecule has 0 aliphatic heterocycles. The van der Waals surface area contributed by atoms with Crippen molar-refractivity contribution in [2.24, 2.45) is 12.2 Å². The van der Waals surface area contributed by atoms with Crippen LogP contribution in [0.1, 0.15) is 24.0 Å². The lowest BCUT2D eigenvalue weighted by Gasteiger charge is -2.24. The third-order valence-electron chi connectivity index (χ3n) is 4.49. The zero-order valence-corrected chi connectivity index (χ0v) is 17.6. The van der Waals surface area contributed by atoms with Gasteiger partial charge in [0.1, 0.15) is 5.82 Å². The smallest absolute Gasteiger partial charge is 0.285 e. The Morgan fingerprint density at radius 3 is 2.52 bits per heavy atom. The van der Waals surface area contributed by atoms with Gasteiger partial charge in [0.05, 0.1) is 5.69 Å². The average Bonchev–Trinajstić information content (AvgIpc) is 3.22. The minimum atomic E-state index is -1.42. The Balaban J connectivity index is 1.74. The lowest BCUT2D eigenvalue weighted by molar-refractivity contribution is -0.196. The summed E-state index contributed by atoms with van der Waals surface area (Å²) in [5.41, 5.74) is 1.84. The highest BCUT2D eigenvalue weighted by atomic mass is 16.7. The standard InChI is InChI=1S/C20H23N7O4/c1-20(29-3,30-4)19(28)22-16-12-8-11-15(21-16)13-31-24-17(14-9-6-5-7-10-14)18-23-25-26-27(18)2/h5-12H,13H2,1-4H3,(H,21,22,28)/b24-17-. The number of hydrogen-bond donors (Lipinski definition) is 1. The van der Waals surface area contributed by atoms with Crippen LogP contribution in [-0.4, -0.2) is 56.8 Å². The fraction of sp³-hybridized carbons (Fsp3) is 0.300. The molecule has 0 aliphatic rings. The molecule has 0 saturated carbocycles. The Bertz CT molecular complexity index is 1050. The van der Waals surface area contributed by atoms with Gasteiger partial charge in [0.2, 0.25) is 11.6 Å². The zero-order chi connectivity index (χ0) is 22.3. The summed E-state index contributed by atoms with van der Waals surface area (Å²) in [6, 6.07) is 14.6. The first-order chi connectivity index (χ1) is 15.0. The molecule has 1 aromatic carbocycles. The molecule has 11 heteroatoms. The molecule has 162 valence electrons. The number of carbonyl (C=O) groups is 1. The molecule has 0 radical (unpaired) electrons. The van der Waals surface area contributed by atoms with Crippen molar-refractivity contribution in [3.05, 3.63) is 65.6 Å². The van der Waals surface area contributed by atoms with E-state index in [1.807, 2.05) is 30.3 Å². The average molecular weight is 425 g/mol. The summed E-state index contributed by atoms with van der Waals surface area (Å²) in [6.45, 7) is 1.58. The highest BCUT2D eigenvalue weighted by Gasteiger charge is 2.33. The van der Waals surface area contributed by atoms with Gasteiger partial charge < -0.3 is 19.6 Å². The summed E-state index contributed by atoms with van der Waals surface area (Å²) in [4.78, 5) is 22.3. The number of methoxy groups -OCH3 is 2. The van der Waals surface area contributed by atoms with E-state index in [0.717, 1.165) is 5.56 Å². The number of oxime groups is 1. The maximum Gasteiger partial charge on any atom is 0.285 e. The molecule has 0 saturated heterocycles. The summed E-state index contributed by atoms with van der Waals surface area (Å²) >= 11 is 0. The van der Waals surface area contributed by atoms with E-state index in [0.29, 0.717) is 23.0 Å². The number of rotatable bonds is 9. The van der Waals surface area contributed by atoms with Crippen LogP contribution in [0.3, 0.4) is 0 Å². The van der Waals surface area contributed by atoms with E-state index in [9.17, 15) is 4.79 Å². The molecule has 0 aliphatic carbocycles. The molecule has 0 spiro atoms. The summed E-state index contributed by atoms with van der Waals surface area (Å²) in [5.74, 6) is -1.12. The van der Waals surface area contributed by atoms with Crippen LogP contribution in [0.15, 0.2) is 53.7 Å². The molecular weight excluding hydrogens is 402 g/mol. The number of ether oxygens (including phenoxy) is 2. The number of tetrazole rings is 1. The predicted octanol–water partition coefficient (Wildman–Crippen LogP) is 1.52. The fourth-order valence-corrected chi connectivity index (χ4v) is 2.54. The SMILES string of the molecule is COC(C)(OC)C(=O)Nc1cccc(CO/N=C(/c2ccccc2)c2nnnn2C)n1. The number of hydrogen-bond acceptors (Lipinski definition) is 9. The normalized spacial score (nSPS) is 11.9. The number of pyridine rings is 1. The Morgan fingerprint density at radius 2 is 1.87 bits per heavy atom. The van der Waals surface area contributed by atoms with Crippen molar-refractivity contribution in [3.8, 4) is 0 Å². The number of benzene rings is 1. The van der Waals surface area contributed by atoms with Crippen LogP contribution in [-0.2, 0) is 32.8 Å². The second-order valence-corrected chi connectivity index (χ2v) is 6.53. The van der Waals surface area contributed by atoms with Crippen molar-refractivity contribution >= 4 is 17.4 Å². The Kier molecular flexibility index (Phi) is 7.00. The first kappa shape index (κ1) is 22.0. The van der Waals surface area contributed by atoms with Crippen molar-refractivity contribution < 1.29 is 19.1 Å². The molecule has 2 aromatic heterocycles. The Labute approximate surface area is 179 Å². The molecule has 0 unspecified atom stereocenters. The summed E-state index contributed by atoms with van der Waals surface area (Å²) in [6.07, 6.45) is 0. The van der Waals surface area contributed by atoms with Crippen LogP contribution >= 0.6 is 0 Å². The second-order valence-electron chi connectivity index (χ2n) is 6.53. The van der Waals surface area contributed by atoms with Crippen molar-refractivity contribution in [2.75, 3.05) is 19.5 Å². The number of nitrogens with zero attached hydrogens (tertiary/aromatic N) is 6. The number of anilines is 1. The molecule has 1 N–H and O–H groups in total. The van der Waals surface area contributed by atoms with Crippen molar-refractivity contribution in [1.82, 2.24) is 25.2 Å². The van der Waals surface area contributed by atoms with Crippen molar-refractivity contribution in [1.29, 1.82) is 0 Å². The van der Waals surface area contributed by atoms with E-state index >= 15 is 0 Å². The van der Waals surface area contributed by atoms with E-state index in [4.69, 9.17) is 14.3 Å². The van der Waals surface area contributed by atoms with Gasteiger partial charge in [0, 0.05) is 26.8 Å². The number of nitrogens with one attached hydrogen (secondary N) is 1. The topological polar surface area (TPSA) is 126 Å². The van der Waals surface area contributed by atoms with Crippen LogP contribution in [0.5, 0.6) is 0 Å². The largest absolute Gasteiger partial charge is 0.389 e. The lowest BCUT2D eigenvalue weighted by Crippen LogP contribution is -2.43. The molecule has 0 atom stereocenters. The molecule has 1 amide bonds. The van der Waals surface area contributed by atoms with Crippen LogP contribution < -0.4 is 5.32 Å². The third-order valence-corrected chi connectivity index (χ3v) is 4.49. The molecule has 11 nitrogen and oxygen atoms in total. The summed E-state index contributed by atoms with van der Waals surface area (Å²) in [7, 11) is 4.49. The minimum Gasteiger partial charge on any atom is -0.389 e. The first-order valence-electron chi connectivity index (χ1n) is 9.32. The van der Waals surface area contributed by atoms with Gasteiger partial charge in [-0.2, -0.15) is 0 Å². The number of amides is 1. The van der Waals surface area contributed by atoms with Crippen LogP contribution in [0, 0.1) is 0 Å². The van der Waals surface area contributed by atoms with E-state index in [1.54, 1.807) is 25.2 Å². The summed E-state index contributed by atoms with van der Waals surface area (Å²) in [5, 5.41) is 18.4. The number of carbonyl (C=O) groups excluding carboxylic acids is 1. The highest BCUT2D eigenvalue weighted by Crippen LogP contribution is 2.15. The van der Waals surface area contributed by atoms with Crippen molar-refractivity contribution in [2.45, 2.75) is 19.3 Å². The van der Waals surface area contributed by atoms with Gasteiger partial charge in [-0.15, -0.1) is 5.10 Å². The van der Waals surface area contributed by atoms with Gasteiger partial charge in [-0.1, -0.05) is 41.6 Å². The van der Waals surface area contributed by atoms with Crippen molar-refractivity contribution in [3.63, 3.8) is 0 Å². The molecule has 2 heterocycles. The molecular formula is C20H23N7O4. The van der Waals surface area contributed by atoms with E-state index in [1.165, 1.54) is 25.8 Å². The molecule has 3 rings (SSSR count). The van der Waals surface area contributed by atoms with Gasteiger partial charge in [-0.25, -0.2) is 9.67 Å². The quantitative estimate of drug-likeness (QED) is 0.311. The maximum atomic E-state index is 12.4. The second kappa shape index (κ2) is 9.87. The highest BCUT2D eigenvalue weighted by molar-refractivity contribution is 6.10. The third kappa shape index (κ3) is 5.27.